The van der Waals surface area contributed by atoms with Gasteiger partial charge in [0.15, 0.2) is 0 Å². The van der Waals surface area contributed by atoms with Gasteiger partial charge in [0, 0.05) is 10.2 Å². The third-order valence-corrected chi connectivity index (χ3v) is 5.04. The molecule has 14 heavy (non-hydrogen) atoms. The topological polar surface area (TPSA) is 0 Å². The van der Waals surface area contributed by atoms with Crippen molar-refractivity contribution < 1.29 is 0 Å². The maximum Gasteiger partial charge on any atom is 0.0119 e. The SMILES string of the molecule is [SiH3]C1CCCC2=C1Cc1ccccc12. The van der Waals surface area contributed by atoms with Crippen LogP contribution in [0, 0.1) is 0 Å². The lowest BCUT2D eigenvalue weighted by molar-refractivity contribution is 0.709. The van der Waals surface area contributed by atoms with Gasteiger partial charge in [-0.2, -0.15) is 0 Å². The predicted octanol–water partition coefficient (Wildman–Crippen LogP) is 2.33. The van der Waals surface area contributed by atoms with Crippen molar-refractivity contribution in [1.82, 2.24) is 0 Å². The van der Waals surface area contributed by atoms with Crippen LogP contribution in [-0.4, -0.2) is 10.2 Å². The highest BCUT2D eigenvalue weighted by atomic mass is 28.1. The summed E-state index contributed by atoms with van der Waals surface area (Å²) in [5.41, 5.74) is 7.63. The van der Waals surface area contributed by atoms with Crippen LogP contribution in [-0.2, 0) is 6.42 Å². The van der Waals surface area contributed by atoms with Gasteiger partial charge in [0.2, 0.25) is 0 Å². The molecule has 0 aromatic heterocycles. The van der Waals surface area contributed by atoms with E-state index < -0.39 is 0 Å². The highest BCUT2D eigenvalue weighted by Crippen LogP contribution is 2.45. The fourth-order valence-electron chi connectivity index (χ4n) is 2.98. The van der Waals surface area contributed by atoms with Gasteiger partial charge >= 0.3 is 0 Å². The second-order valence-corrected chi connectivity index (χ2v) is 6.02. The molecule has 0 spiro atoms. The minimum atomic E-state index is 0.964. The predicted molar refractivity (Wildman–Crippen MR) is 64.6 cm³/mol. The van der Waals surface area contributed by atoms with E-state index in [4.69, 9.17) is 0 Å². The lowest BCUT2D eigenvalue weighted by atomic mass is 9.91. The fourth-order valence-corrected chi connectivity index (χ4v) is 3.94. The lowest BCUT2D eigenvalue weighted by Gasteiger charge is -2.21. The van der Waals surface area contributed by atoms with Crippen molar-refractivity contribution in [1.29, 1.82) is 0 Å². The van der Waals surface area contributed by atoms with Crippen LogP contribution in [0.4, 0.5) is 0 Å². The maximum atomic E-state index is 2.32. The molecule has 1 unspecified atom stereocenters. The Hall–Kier alpha value is -0.823. The summed E-state index contributed by atoms with van der Waals surface area (Å²) in [5, 5.41) is 0. The minimum Gasteiger partial charge on any atom is -0.0625 e. The number of hydrogen-bond acceptors (Lipinski definition) is 0. The standard InChI is InChI=1S/C13H16Si/c14-13-7-3-6-11-10-5-2-1-4-9(10)8-12(11)13/h1-2,4-5,13H,3,6-8H2,14H3. The third kappa shape index (κ3) is 1.12. The van der Waals surface area contributed by atoms with Crippen molar-refractivity contribution in [2.24, 2.45) is 0 Å². The Kier molecular flexibility index (Phi) is 1.87. The van der Waals surface area contributed by atoms with Gasteiger partial charge in [0.05, 0.1) is 0 Å². The Morgan fingerprint density at radius 2 is 2.07 bits per heavy atom. The molecule has 1 aromatic carbocycles. The molecule has 72 valence electrons. The maximum absolute atomic E-state index is 2.32. The summed E-state index contributed by atoms with van der Waals surface area (Å²) in [4.78, 5) is 0. The van der Waals surface area contributed by atoms with Gasteiger partial charge in [-0.05, 0) is 47.9 Å². The number of allylic oxidation sites excluding steroid dienone is 2. The molecule has 0 amide bonds. The van der Waals surface area contributed by atoms with Crippen molar-refractivity contribution in [2.75, 3.05) is 0 Å². The molecule has 0 fully saturated rings. The second kappa shape index (κ2) is 3.09. The van der Waals surface area contributed by atoms with E-state index in [0.29, 0.717) is 0 Å². The largest absolute Gasteiger partial charge is 0.0625 e. The Morgan fingerprint density at radius 1 is 1.21 bits per heavy atom. The molecule has 0 radical (unpaired) electrons. The molecular formula is C13H16Si. The zero-order chi connectivity index (χ0) is 9.54. The molecule has 1 heteroatoms. The molecule has 3 rings (SSSR count). The van der Waals surface area contributed by atoms with Crippen LogP contribution < -0.4 is 0 Å². The number of fused-ring (bicyclic) bond motifs is 2. The van der Waals surface area contributed by atoms with Gasteiger partial charge in [-0.25, -0.2) is 0 Å². The molecular weight excluding hydrogens is 184 g/mol. The van der Waals surface area contributed by atoms with Crippen LogP contribution >= 0.6 is 0 Å². The van der Waals surface area contributed by atoms with E-state index >= 15 is 0 Å². The molecule has 0 saturated heterocycles. The quantitative estimate of drug-likeness (QED) is 0.564. The Balaban J connectivity index is 2.12. The Morgan fingerprint density at radius 3 is 3.00 bits per heavy atom. The van der Waals surface area contributed by atoms with E-state index in [1.807, 2.05) is 0 Å². The summed E-state index contributed by atoms with van der Waals surface area (Å²) in [6.07, 6.45) is 5.48. The first-order valence-electron chi connectivity index (χ1n) is 5.66. The second-order valence-electron chi connectivity index (χ2n) is 4.63. The summed E-state index contributed by atoms with van der Waals surface area (Å²) in [6.45, 7) is 0. The van der Waals surface area contributed by atoms with Crippen LogP contribution in [0.15, 0.2) is 29.8 Å². The van der Waals surface area contributed by atoms with E-state index in [0.717, 1.165) is 5.54 Å². The van der Waals surface area contributed by atoms with Crippen LogP contribution in [0.2, 0.25) is 5.54 Å². The van der Waals surface area contributed by atoms with Crippen LogP contribution in [0.1, 0.15) is 30.4 Å². The van der Waals surface area contributed by atoms with E-state index in [1.54, 1.807) is 22.3 Å². The lowest BCUT2D eigenvalue weighted by Crippen LogP contribution is -2.04. The molecule has 0 aliphatic heterocycles. The minimum absolute atomic E-state index is 0.964. The Bertz CT molecular complexity index is 403. The summed E-state index contributed by atoms with van der Waals surface area (Å²) in [7, 11) is 1.35. The molecule has 2 aliphatic rings. The molecule has 1 atom stereocenters. The zero-order valence-electron chi connectivity index (χ0n) is 8.72. The van der Waals surface area contributed by atoms with E-state index in [9.17, 15) is 0 Å². The van der Waals surface area contributed by atoms with Gasteiger partial charge in [-0.1, -0.05) is 29.8 Å². The van der Waals surface area contributed by atoms with Crippen molar-refractivity contribution in [2.45, 2.75) is 31.2 Å². The first-order valence-corrected chi connectivity index (χ1v) is 6.82. The molecule has 0 heterocycles. The molecule has 0 bridgehead atoms. The van der Waals surface area contributed by atoms with Gasteiger partial charge in [-0.3, -0.25) is 0 Å². The van der Waals surface area contributed by atoms with Crippen molar-refractivity contribution in [3.05, 3.63) is 41.0 Å². The van der Waals surface area contributed by atoms with Gasteiger partial charge in [-0.15, -0.1) is 0 Å². The molecule has 2 aliphatic carbocycles. The van der Waals surface area contributed by atoms with E-state index in [2.05, 4.69) is 24.3 Å². The van der Waals surface area contributed by atoms with Gasteiger partial charge < -0.3 is 0 Å². The van der Waals surface area contributed by atoms with Gasteiger partial charge in [0.1, 0.15) is 0 Å². The first kappa shape index (κ1) is 8.48. The van der Waals surface area contributed by atoms with Crippen molar-refractivity contribution >= 4 is 15.8 Å². The summed E-state index contributed by atoms with van der Waals surface area (Å²) >= 11 is 0. The van der Waals surface area contributed by atoms with Crippen LogP contribution in [0.5, 0.6) is 0 Å². The third-order valence-electron chi connectivity index (χ3n) is 3.77. The Labute approximate surface area is 88.5 Å². The van der Waals surface area contributed by atoms with Crippen LogP contribution in [0.3, 0.4) is 0 Å². The zero-order valence-corrected chi connectivity index (χ0v) is 10.7. The highest BCUT2D eigenvalue weighted by molar-refractivity contribution is 6.15. The molecule has 0 N–H and O–H groups in total. The molecule has 0 saturated carbocycles. The summed E-state index contributed by atoms with van der Waals surface area (Å²) in [5.74, 6) is 0. The van der Waals surface area contributed by atoms with Gasteiger partial charge in [0.25, 0.3) is 0 Å². The fraction of sp³-hybridized carbons (Fsp3) is 0.385. The highest BCUT2D eigenvalue weighted by Gasteiger charge is 2.26. The monoisotopic (exact) mass is 200 g/mol. The average molecular weight is 200 g/mol. The summed E-state index contributed by atoms with van der Waals surface area (Å²) < 4.78 is 0. The van der Waals surface area contributed by atoms with Crippen molar-refractivity contribution in [3.8, 4) is 0 Å². The smallest absolute Gasteiger partial charge is 0.0119 e. The number of rotatable bonds is 0. The normalized spacial score (nSPS) is 25.0. The van der Waals surface area contributed by atoms with Crippen molar-refractivity contribution in [3.63, 3.8) is 0 Å². The average Bonchev–Trinajstić information content (AvgIpc) is 2.59. The first-order chi connectivity index (χ1) is 6.86. The molecule has 1 aromatic rings. The van der Waals surface area contributed by atoms with E-state index in [1.165, 1.54) is 35.9 Å². The molecule has 0 nitrogen and oxygen atoms in total. The number of benzene rings is 1. The number of hydrogen-bond donors (Lipinski definition) is 0. The van der Waals surface area contributed by atoms with E-state index in [-0.39, 0.29) is 0 Å². The summed E-state index contributed by atoms with van der Waals surface area (Å²) in [6, 6.07) is 8.99. The van der Waals surface area contributed by atoms with Crippen LogP contribution in [0.25, 0.3) is 5.57 Å².